The highest BCUT2D eigenvalue weighted by molar-refractivity contribution is 5.79. The second kappa shape index (κ2) is 9.09. The van der Waals surface area contributed by atoms with Crippen LogP contribution in [0, 0.1) is 17.8 Å². The SMILES string of the molecule is C[C@@H](NC(=O)CN1CCN(CC(=O)N2CCOCC2)CC1)[C@H]1C[C@H]2CC[C@H]1C2. The number of carbonyl (C=O) groups is 2. The van der Waals surface area contributed by atoms with E-state index in [0.29, 0.717) is 51.4 Å². The molecule has 2 amide bonds. The summed E-state index contributed by atoms with van der Waals surface area (Å²) in [5.74, 6) is 2.81. The van der Waals surface area contributed by atoms with Gasteiger partial charge in [0.05, 0.1) is 26.3 Å². The van der Waals surface area contributed by atoms with Crippen molar-refractivity contribution in [1.82, 2.24) is 20.0 Å². The molecule has 2 aliphatic heterocycles. The quantitative estimate of drug-likeness (QED) is 0.709. The molecule has 7 nitrogen and oxygen atoms in total. The second-order valence-electron chi connectivity index (χ2n) is 9.24. The first-order valence-corrected chi connectivity index (χ1v) is 11.2. The van der Waals surface area contributed by atoms with Crippen molar-refractivity contribution in [1.29, 1.82) is 0 Å². The van der Waals surface area contributed by atoms with E-state index in [1.54, 1.807) is 0 Å². The average Bonchev–Trinajstić information content (AvgIpc) is 3.34. The van der Waals surface area contributed by atoms with Crippen molar-refractivity contribution in [2.45, 2.75) is 38.6 Å². The highest BCUT2D eigenvalue weighted by Crippen LogP contribution is 2.49. The zero-order valence-corrected chi connectivity index (χ0v) is 17.3. The molecule has 4 fully saturated rings. The Balaban J connectivity index is 1.14. The van der Waals surface area contributed by atoms with E-state index in [1.807, 2.05) is 4.90 Å². The number of fused-ring (bicyclic) bond motifs is 2. The lowest BCUT2D eigenvalue weighted by atomic mass is 9.84. The van der Waals surface area contributed by atoms with Crippen molar-refractivity contribution in [2.24, 2.45) is 17.8 Å². The Morgan fingerprint density at radius 3 is 2.25 bits per heavy atom. The number of carbonyl (C=O) groups excluding carboxylic acids is 2. The van der Waals surface area contributed by atoms with Gasteiger partial charge in [0.2, 0.25) is 11.8 Å². The van der Waals surface area contributed by atoms with Crippen molar-refractivity contribution >= 4 is 11.8 Å². The van der Waals surface area contributed by atoms with Crippen LogP contribution in [0.4, 0.5) is 0 Å². The van der Waals surface area contributed by atoms with Gasteiger partial charge in [-0.25, -0.2) is 0 Å². The molecule has 28 heavy (non-hydrogen) atoms. The molecule has 4 atom stereocenters. The number of rotatable bonds is 6. The van der Waals surface area contributed by atoms with Gasteiger partial charge in [-0.05, 0) is 43.9 Å². The van der Waals surface area contributed by atoms with Gasteiger partial charge >= 0.3 is 0 Å². The topological polar surface area (TPSA) is 65.1 Å². The van der Waals surface area contributed by atoms with Gasteiger partial charge in [0.25, 0.3) is 0 Å². The first-order valence-electron chi connectivity index (χ1n) is 11.2. The number of nitrogens with zero attached hydrogens (tertiary/aromatic N) is 3. The standard InChI is InChI=1S/C21H36N4O3/c1-16(19-13-17-2-3-18(19)12-17)22-20(26)14-23-4-6-24(7-5-23)15-21(27)25-8-10-28-11-9-25/h16-19H,2-15H2,1H3,(H,22,26)/t16-,17+,18+,19-/m1/s1. The first kappa shape index (κ1) is 20.1. The van der Waals surface area contributed by atoms with Crippen molar-refractivity contribution in [3.05, 3.63) is 0 Å². The number of morpholine rings is 1. The average molecular weight is 393 g/mol. The van der Waals surface area contributed by atoms with Crippen LogP contribution in [0.5, 0.6) is 0 Å². The van der Waals surface area contributed by atoms with Crippen LogP contribution in [0.25, 0.3) is 0 Å². The largest absolute Gasteiger partial charge is 0.378 e. The minimum atomic E-state index is 0.160. The fraction of sp³-hybridized carbons (Fsp3) is 0.905. The van der Waals surface area contributed by atoms with E-state index in [1.165, 1.54) is 25.7 Å². The van der Waals surface area contributed by atoms with E-state index < -0.39 is 0 Å². The van der Waals surface area contributed by atoms with Crippen LogP contribution >= 0.6 is 0 Å². The van der Waals surface area contributed by atoms with E-state index in [9.17, 15) is 9.59 Å². The van der Waals surface area contributed by atoms with Crippen LogP contribution in [-0.4, -0.2) is 98.1 Å². The highest BCUT2D eigenvalue weighted by atomic mass is 16.5. The monoisotopic (exact) mass is 392 g/mol. The van der Waals surface area contributed by atoms with Crippen LogP contribution in [0.2, 0.25) is 0 Å². The first-order chi connectivity index (χ1) is 13.6. The summed E-state index contributed by atoms with van der Waals surface area (Å²) in [7, 11) is 0. The maximum absolute atomic E-state index is 12.5. The predicted molar refractivity (Wildman–Crippen MR) is 107 cm³/mol. The van der Waals surface area contributed by atoms with Gasteiger partial charge in [-0.3, -0.25) is 19.4 Å². The smallest absolute Gasteiger partial charge is 0.236 e. The molecule has 7 heteroatoms. The molecular weight excluding hydrogens is 356 g/mol. The van der Waals surface area contributed by atoms with Gasteiger partial charge in [0, 0.05) is 45.3 Å². The van der Waals surface area contributed by atoms with Crippen LogP contribution in [0.3, 0.4) is 0 Å². The van der Waals surface area contributed by atoms with E-state index in [4.69, 9.17) is 4.74 Å². The lowest BCUT2D eigenvalue weighted by molar-refractivity contribution is -0.137. The third-order valence-corrected chi connectivity index (χ3v) is 7.38. The molecule has 4 rings (SSSR count). The molecule has 2 aliphatic carbocycles. The summed E-state index contributed by atoms with van der Waals surface area (Å²) in [6, 6.07) is 0.301. The van der Waals surface area contributed by atoms with E-state index >= 15 is 0 Å². The molecule has 158 valence electrons. The predicted octanol–water partition coefficient (Wildman–Crippen LogP) is 0.404. The molecular formula is C21H36N4O3. The van der Waals surface area contributed by atoms with Crippen LogP contribution in [-0.2, 0) is 14.3 Å². The third-order valence-electron chi connectivity index (χ3n) is 7.38. The van der Waals surface area contributed by atoms with Gasteiger partial charge in [-0.15, -0.1) is 0 Å². The van der Waals surface area contributed by atoms with E-state index in [-0.39, 0.29) is 11.8 Å². The Kier molecular flexibility index (Phi) is 6.53. The number of hydrogen-bond donors (Lipinski definition) is 1. The molecule has 4 aliphatic rings. The Bertz CT molecular complexity index is 558. The van der Waals surface area contributed by atoms with Crippen molar-refractivity contribution in [3.8, 4) is 0 Å². The summed E-state index contributed by atoms with van der Waals surface area (Å²) in [6.45, 7) is 9.29. The molecule has 2 bridgehead atoms. The fourth-order valence-corrected chi connectivity index (χ4v) is 5.73. The van der Waals surface area contributed by atoms with Crippen LogP contribution < -0.4 is 5.32 Å². The Morgan fingerprint density at radius 1 is 0.964 bits per heavy atom. The molecule has 2 saturated heterocycles. The summed E-state index contributed by atoms with van der Waals surface area (Å²) in [5.41, 5.74) is 0. The molecule has 0 aromatic heterocycles. The summed E-state index contributed by atoms with van der Waals surface area (Å²) in [5, 5.41) is 3.27. The number of amides is 2. The number of piperazine rings is 1. The Hall–Kier alpha value is -1.18. The minimum Gasteiger partial charge on any atom is -0.378 e. The molecule has 0 aromatic carbocycles. The van der Waals surface area contributed by atoms with Crippen molar-refractivity contribution in [3.63, 3.8) is 0 Å². The Morgan fingerprint density at radius 2 is 1.64 bits per heavy atom. The molecule has 1 N–H and O–H groups in total. The molecule has 0 aromatic rings. The van der Waals surface area contributed by atoms with Crippen molar-refractivity contribution in [2.75, 3.05) is 65.6 Å². The van der Waals surface area contributed by atoms with E-state index in [0.717, 1.165) is 38.0 Å². The van der Waals surface area contributed by atoms with Crippen molar-refractivity contribution < 1.29 is 14.3 Å². The summed E-state index contributed by atoms with van der Waals surface area (Å²) >= 11 is 0. The number of hydrogen-bond acceptors (Lipinski definition) is 5. The fourth-order valence-electron chi connectivity index (χ4n) is 5.73. The maximum Gasteiger partial charge on any atom is 0.236 e. The molecule has 0 spiro atoms. The molecule has 2 heterocycles. The van der Waals surface area contributed by atoms with Crippen LogP contribution in [0.1, 0.15) is 32.6 Å². The second-order valence-corrected chi connectivity index (χ2v) is 9.24. The Labute approximate surface area is 168 Å². The maximum atomic E-state index is 12.5. The summed E-state index contributed by atoms with van der Waals surface area (Å²) < 4.78 is 5.31. The van der Waals surface area contributed by atoms with Gasteiger partial charge in [0.1, 0.15) is 0 Å². The lowest BCUT2D eigenvalue weighted by Gasteiger charge is -2.36. The highest BCUT2D eigenvalue weighted by Gasteiger charge is 2.42. The lowest BCUT2D eigenvalue weighted by Crippen LogP contribution is -2.53. The number of nitrogens with one attached hydrogen (secondary N) is 1. The summed E-state index contributed by atoms with van der Waals surface area (Å²) in [6.07, 6.45) is 5.46. The molecule has 0 radical (unpaired) electrons. The summed E-state index contributed by atoms with van der Waals surface area (Å²) in [4.78, 5) is 31.2. The van der Waals surface area contributed by atoms with Gasteiger partial charge in [0.15, 0.2) is 0 Å². The third kappa shape index (κ3) is 4.86. The molecule has 0 unspecified atom stereocenters. The zero-order valence-electron chi connectivity index (χ0n) is 17.3. The van der Waals surface area contributed by atoms with Gasteiger partial charge < -0.3 is 15.0 Å². The molecule has 2 saturated carbocycles. The van der Waals surface area contributed by atoms with Crippen LogP contribution in [0.15, 0.2) is 0 Å². The number of ether oxygens (including phenoxy) is 1. The van der Waals surface area contributed by atoms with E-state index in [2.05, 4.69) is 22.0 Å². The normalized spacial score (nSPS) is 32.5. The van der Waals surface area contributed by atoms with Gasteiger partial charge in [-0.1, -0.05) is 6.42 Å². The minimum absolute atomic E-state index is 0.160. The zero-order chi connectivity index (χ0) is 19.5. The van der Waals surface area contributed by atoms with Gasteiger partial charge in [-0.2, -0.15) is 0 Å².